The van der Waals surface area contributed by atoms with Gasteiger partial charge in [-0.1, -0.05) is 33.1 Å². The predicted molar refractivity (Wildman–Crippen MR) is 93.0 cm³/mol. The number of hydrazine groups is 1. The second-order valence-electron chi connectivity index (χ2n) is 4.94. The Morgan fingerprint density at radius 1 is 1.43 bits per heavy atom. The third-order valence-corrected chi connectivity index (χ3v) is 3.98. The fourth-order valence-electron chi connectivity index (χ4n) is 1.90. The highest BCUT2D eigenvalue weighted by Gasteiger charge is 2.09. The van der Waals surface area contributed by atoms with Gasteiger partial charge in [0.1, 0.15) is 5.69 Å². The number of aromatic nitrogens is 1. The van der Waals surface area contributed by atoms with Crippen LogP contribution in [0.15, 0.2) is 16.7 Å². The average molecular weight is 375 g/mol. The van der Waals surface area contributed by atoms with Crippen LogP contribution in [0.5, 0.6) is 0 Å². The van der Waals surface area contributed by atoms with E-state index in [1.54, 1.807) is 12.3 Å². The van der Waals surface area contributed by atoms with Gasteiger partial charge in [-0.05, 0) is 46.6 Å². The van der Waals surface area contributed by atoms with Crippen LogP contribution in [0.4, 0.5) is 0 Å². The molecule has 1 aromatic heterocycles. The maximum absolute atomic E-state index is 11.8. The number of amides is 1. The summed E-state index contributed by atoms with van der Waals surface area (Å²) >= 11 is 8.43. The van der Waals surface area contributed by atoms with Gasteiger partial charge in [-0.2, -0.15) is 0 Å². The second-order valence-corrected chi connectivity index (χ2v) is 6.26. The molecule has 5 nitrogen and oxygen atoms in total. The van der Waals surface area contributed by atoms with Crippen LogP contribution in [0.3, 0.4) is 0 Å². The maximum Gasteiger partial charge on any atom is 0.286 e. The van der Waals surface area contributed by atoms with E-state index >= 15 is 0 Å². The highest BCUT2D eigenvalue weighted by Crippen LogP contribution is 2.11. The molecule has 0 unspecified atom stereocenters. The highest BCUT2D eigenvalue weighted by atomic mass is 79.9. The van der Waals surface area contributed by atoms with Gasteiger partial charge < -0.3 is 10.3 Å². The molecule has 7 heteroatoms. The molecule has 21 heavy (non-hydrogen) atoms. The van der Waals surface area contributed by atoms with E-state index in [0.717, 1.165) is 17.4 Å². The Morgan fingerprint density at radius 2 is 2.19 bits per heavy atom. The number of thiocarbonyl (C=S) groups is 1. The van der Waals surface area contributed by atoms with Crippen molar-refractivity contribution < 1.29 is 4.79 Å². The minimum Gasteiger partial charge on any atom is -0.361 e. The van der Waals surface area contributed by atoms with Crippen molar-refractivity contribution in [1.82, 2.24) is 21.2 Å². The molecule has 0 aliphatic carbocycles. The Hall–Kier alpha value is -1.08. The average Bonchev–Trinajstić information content (AvgIpc) is 2.91. The van der Waals surface area contributed by atoms with Crippen LogP contribution in [0.25, 0.3) is 0 Å². The molecular formula is C14H23BrN4OS. The topological polar surface area (TPSA) is 68.9 Å². The van der Waals surface area contributed by atoms with Crippen LogP contribution in [0.1, 0.15) is 50.0 Å². The van der Waals surface area contributed by atoms with E-state index in [-0.39, 0.29) is 5.91 Å². The molecule has 4 N–H and O–H groups in total. The van der Waals surface area contributed by atoms with E-state index in [0.29, 0.717) is 16.7 Å². The highest BCUT2D eigenvalue weighted by molar-refractivity contribution is 9.10. The van der Waals surface area contributed by atoms with Crippen LogP contribution >= 0.6 is 28.1 Å². The lowest BCUT2D eigenvalue weighted by Crippen LogP contribution is -2.47. The molecule has 0 aliphatic rings. The Morgan fingerprint density at radius 3 is 2.76 bits per heavy atom. The van der Waals surface area contributed by atoms with Crippen molar-refractivity contribution in [3.8, 4) is 0 Å². The lowest BCUT2D eigenvalue weighted by molar-refractivity contribution is 0.0939. The zero-order valence-electron chi connectivity index (χ0n) is 12.5. The lowest BCUT2D eigenvalue weighted by atomic mass is 9.99. The monoisotopic (exact) mass is 374 g/mol. The summed E-state index contributed by atoms with van der Waals surface area (Å²) < 4.78 is 0.829. The van der Waals surface area contributed by atoms with Gasteiger partial charge in [0.25, 0.3) is 5.91 Å². The lowest BCUT2D eigenvalue weighted by Gasteiger charge is -2.17. The van der Waals surface area contributed by atoms with Crippen molar-refractivity contribution in [2.75, 3.05) is 6.54 Å². The van der Waals surface area contributed by atoms with Crippen LogP contribution in [0, 0.1) is 5.92 Å². The fraction of sp³-hybridized carbons (Fsp3) is 0.571. The van der Waals surface area contributed by atoms with Crippen LogP contribution in [0.2, 0.25) is 0 Å². The van der Waals surface area contributed by atoms with Crippen molar-refractivity contribution in [2.45, 2.75) is 39.5 Å². The molecule has 1 heterocycles. The number of unbranched alkanes of at least 4 members (excludes halogenated alkanes) is 1. The molecule has 1 atom stereocenters. The minimum absolute atomic E-state index is 0.261. The summed E-state index contributed by atoms with van der Waals surface area (Å²) in [4.78, 5) is 14.6. The molecule has 0 aliphatic heterocycles. The van der Waals surface area contributed by atoms with Gasteiger partial charge >= 0.3 is 0 Å². The van der Waals surface area contributed by atoms with E-state index in [9.17, 15) is 4.79 Å². The molecule has 0 aromatic carbocycles. The number of halogens is 1. The number of rotatable bonds is 7. The second kappa shape index (κ2) is 9.78. The van der Waals surface area contributed by atoms with E-state index in [4.69, 9.17) is 12.2 Å². The van der Waals surface area contributed by atoms with E-state index < -0.39 is 0 Å². The van der Waals surface area contributed by atoms with E-state index in [2.05, 4.69) is 50.9 Å². The first-order chi connectivity index (χ1) is 10.1. The number of H-pyrrole nitrogens is 1. The number of aromatic amines is 1. The summed E-state index contributed by atoms with van der Waals surface area (Å²) in [6, 6.07) is 1.70. The molecule has 0 saturated heterocycles. The smallest absolute Gasteiger partial charge is 0.286 e. The van der Waals surface area contributed by atoms with E-state index in [1.165, 1.54) is 19.3 Å². The summed E-state index contributed by atoms with van der Waals surface area (Å²) in [5.74, 6) is 0.350. The molecule has 0 fully saturated rings. The van der Waals surface area contributed by atoms with Gasteiger partial charge in [-0.15, -0.1) is 0 Å². The van der Waals surface area contributed by atoms with Crippen LogP contribution < -0.4 is 16.2 Å². The Labute approximate surface area is 139 Å². The van der Waals surface area contributed by atoms with Crippen molar-refractivity contribution in [3.05, 3.63) is 22.4 Å². The number of carbonyl (C=O) groups excluding carboxylic acids is 1. The van der Waals surface area contributed by atoms with Gasteiger partial charge in [-0.3, -0.25) is 15.6 Å². The summed E-state index contributed by atoms with van der Waals surface area (Å²) in [5.41, 5.74) is 5.73. The number of hydrogen-bond donors (Lipinski definition) is 4. The first-order valence-electron chi connectivity index (χ1n) is 7.24. The molecule has 118 valence electrons. The zero-order valence-corrected chi connectivity index (χ0v) is 14.9. The molecule has 0 saturated carbocycles. The normalized spacial score (nSPS) is 11.8. The van der Waals surface area contributed by atoms with Crippen molar-refractivity contribution in [2.24, 2.45) is 5.92 Å². The largest absolute Gasteiger partial charge is 0.361 e. The third-order valence-electron chi connectivity index (χ3n) is 3.28. The Kier molecular flexibility index (Phi) is 8.37. The van der Waals surface area contributed by atoms with Crippen LogP contribution in [-0.2, 0) is 0 Å². The molecule has 1 rings (SSSR count). The first kappa shape index (κ1) is 18.0. The standard InChI is InChI=1S/C14H23BrN4OS/c1-3-5-6-10(4-2)8-17-14(21)19-18-13(20)12-7-11(15)9-16-12/h7,9-10,16H,3-6,8H2,1-2H3,(H,18,20)(H2,17,19,21)/t10-/m0/s1. The number of hydrogen-bond acceptors (Lipinski definition) is 2. The van der Waals surface area contributed by atoms with Gasteiger partial charge in [-0.25, -0.2) is 0 Å². The summed E-state index contributed by atoms with van der Waals surface area (Å²) in [6.07, 6.45) is 6.47. The summed E-state index contributed by atoms with van der Waals surface area (Å²) in [6.45, 7) is 5.20. The molecule has 1 amide bonds. The molecular weight excluding hydrogens is 352 g/mol. The fourth-order valence-corrected chi connectivity index (χ4v) is 2.38. The first-order valence-corrected chi connectivity index (χ1v) is 8.45. The maximum atomic E-state index is 11.8. The number of nitrogens with one attached hydrogen (secondary N) is 4. The van der Waals surface area contributed by atoms with Crippen molar-refractivity contribution >= 4 is 39.2 Å². The quantitative estimate of drug-likeness (QED) is 0.437. The SMILES string of the molecule is CCCC[C@H](CC)CNC(=S)NNC(=O)c1cc(Br)c[nH]1. The third kappa shape index (κ3) is 6.95. The zero-order chi connectivity index (χ0) is 15.7. The molecule has 1 aromatic rings. The van der Waals surface area contributed by atoms with Crippen LogP contribution in [-0.4, -0.2) is 22.5 Å². The summed E-state index contributed by atoms with van der Waals surface area (Å²) in [5, 5.41) is 3.57. The van der Waals surface area contributed by atoms with Gasteiger partial charge in [0.05, 0.1) is 0 Å². The van der Waals surface area contributed by atoms with Gasteiger partial charge in [0.15, 0.2) is 5.11 Å². The summed E-state index contributed by atoms with van der Waals surface area (Å²) in [7, 11) is 0. The van der Waals surface area contributed by atoms with Crippen molar-refractivity contribution in [3.63, 3.8) is 0 Å². The predicted octanol–water partition coefficient (Wildman–Crippen LogP) is 3.10. The Bertz CT molecular complexity index is 464. The van der Waals surface area contributed by atoms with Crippen molar-refractivity contribution in [1.29, 1.82) is 0 Å². The molecule has 0 spiro atoms. The molecule has 0 bridgehead atoms. The van der Waals surface area contributed by atoms with Gasteiger partial charge in [0.2, 0.25) is 0 Å². The molecule has 0 radical (unpaired) electrons. The van der Waals surface area contributed by atoms with E-state index in [1.807, 2.05) is 0 Å². The number of carbonyl (C=O) groups is 1. The Balaban J connectivity index is 2.25. The minimum atomic E-state index is -0.261. The van der Waals surface area contributed by atoms with Gasteiger partial charge in [0, 0.05) is 17.2 Å².